The van der Waals surface area contributed by atoms with Crippen LogP contribution in [0.4, 0.5) is 0 Å². The zero-order valence-corrected chi connectivity index (χ0v) is 8.82. The van der Waals surface area contributed by atoms with E-state index in [-0.39, 0.29) is 0 Å². The highest BCUT2D eigenvalue weighted by atomic mass is 32.1. The lowest BCUT2D eigenvalue weighted by Gasteiger charge is -2.10. The normalized spacial score (nSPS) is 12.4. The van der Waals surface area contributed by atoms with E-state index >= 15 is 0 Å². The van der Waals surface area contributed by atoms with Gasteiger partial charge in [0.2, 0.25) is 0 Å². The lowest BCUT2D eigenvalue weighted by molar-refractivity contribution is 0.567. The number of thiazole rings is 1. The Balaban J connectivity index is 2.52. The van der Waals surface area contributed by atoms with Gasteiger partial charge < -0.3 is 5.32 Å². The van der Waals surface area contributed by atoms with E-state index in [0.717, 1.165) is 23.5 Å². The Bertz CT molecular complexity index is 298. The molecule has 0 fully saturated rings. The summed E-state index contributed by atoms with van der Waals surface area (Å²) in [6.07, 6.45) is 6.93. The van der Waals surface area contributed by atoms with Crippen molar-refractivity contribution >= 4 is 11.3 Å². The molecule has 1 aromatic heterocycles. The number of rotatable bonds is 4. The SMILES string of the molecule is C#CCC(Cc1csc(C)n1)NC. The summed E-state index contributed by atoms with van der Waals surface area (Å²) in [5.41, 5.74) is 1.14. The third kappa shape index (κ3) is 3.17. The van der Waals surface area contributed by atoms with Gasteiger partial charge in [-0.3, -0.25) is 0 Å². The molecule has 0 amide bonds. The van der Waals surface area contributed by atoms with Crippen LogP contribution in [0.3, 0.4) is 0 Å². The van der Waals surface area contributed by atoms with Crippen molar-refractivity contribution in [3.8, 4) is 12.3 Å². The molecule has 0 aliphatic rings. The van der Waals surface area contributed by atoms with Gasteiger partial charge in [-0.25, -0.2) is 4.98 Å². The predicted octanol–water partition coefficient (Wildman–Crippen LogP) is 1.61. The highest BCUT2D eigenvalue weighted by molar-refractivity contribution is 7.09. The average molecular weight is 194 g/mol. The summed E-state index contributed by atoms with van der Waals surface area (Å²) in [5.74, 6) is 2.66. The van der Waals surface area contributed by atoms with Gasteiger partial charge >= 0.3 is 0 Å². The summed E-state index contributed by atoms with van der Waals surface area (Å²) in [7, 11) is 1.93. The van der Waals surface area contributed by atoms with Gasteiger partial charge in [0.15, 0.2) is 0 Å². The van der Waals surface area contributed by atoms with Crippen LogP contribution in [-0.4, -0.2) is 18.1 Å². The molecule has 0 radical (unpaired) electrons. The topological polar surface area (TPSA) is 24.9 Å². The van der Waals surface area contributed by atoms with Gasteiger partial charge in [0.05, 0.1) is 10.7 Å². The lowest BCUT2D eigenvalue weighted by Crippen LogP contribution is -2.27. The molecule has 0 spiro atoms. The standard InChI is InChI=1S/C10H14N2S/c1-4-5-9(11-3)6-10-7-13-8(2)12-10/h1,7,9,11H,5-6H2,2-3H3. The summed E-state index contributed by atoms with van der Waals surface area (Å²) < 4.78 is 0. The van der Waals surface area contributed by atoms with Crippen LogP contribution >= 0.6 is 11.3 Å². The zero-order valence-electron chi connectivity index (χ0n) is 8.00. The Kier molecular flexibility index (Phi) is 3.94. The van der Waals surface area contributed by atoms with Crippen molar-refractivity contribution in [1.82, 2.24) is 10.3 Å². The van der Waals surface area contributed by atoms with Crippen molar-refractivity contribution in [2.75, 3.05) is 7.05 Å². The summed E-state index contributed by atoms with van der Waals surface area (Å²) >= 11 is 1.68. The molecular formula is C10H14N2S. The van der Waals surface area contributed by atoms with Gasteiger partial charge in [-0.05, 0) is 14.0 Å². The molecule has 1 N–H and O–H groups in total. The summed E-state index contributed by atoms with van der Waals surface area (Å²) in [6.45, 7) is 2.02. The van der Waals surface area contributed by atoms with Gasteiger partial charge in [-0.1, -0.05) is 0 Å². The first-order chi connectivity index (χ1) is 6.26. The van der Waals surface area contributed by atoms with Crippen LogP contribution in [-0.2, 0) is 6.42 Å². The highest BCUT2D eigenvalue weighted by Crippen LogP contribution is 2.10. The first-order valence-corrected chi connectivity index (χ1v) is 5.16. The molecule has 1 rings (SSSR count). The summed E-state index contributed by atoms with van der Waals surface area (Å²) in [5, 5.41) is 6.39. The van der Waals surface area contributed by atoms with Crippen molar-refractivity contribution in [1.29, 1.82) is 0 Å². The molecule has 0 aliphatic heterocycles. The van der Waals surface area contributed by atoms with Crippen LogP contribution < -0.4 is 5.32 Å². The van der Waals surface area contributed by atoms with Gasteiger partial charge in [-0.15, -0.1) is 23.7 Å². The minimum atomic E-state index is 0.353. The average Bonchev–Trinajstić information content (AvgIpc) is 2.50. The van der Waals surface area contributed by atoms with Crippen molar-refractivity contribution in [2.24, 2.45) is 0 Å². The van der Waals surface area contributed by atoms with Crippen molar-refractivity contribution in [3.05, 3.63) is 16.1 Å². The number of hydrogen-bond acceptors (Lipinski definition) is 3. The second-order valence-electron chi connectivity index (χ2n) is 2.96. The lowest BCUT2D eigenvalue weighted by atomic mass is 10.1. The third-order valence-corrected chi connectivity index (χ3v) is 2.72. The molecule has 0 saturated carbocycles. The fourth-order valence-corrected chi connectivity index (χ4v) is 1.80. The third-order valence-electron chi connectivity index (χ3n) is 1.89. The molecule has 3 heteroatoms. The number of nitrogens with one attached hydrogen (secondary N) is 1. The molecular weight excluding hydrogens is 180 g/mol. The predicted molar refractivity (Wildman–Crippen MR) is 56.9 cm³/mol. The fraction of sp³-hybridized carbons (Fsp3) is 0.500. The van der Waals surface area contributed by atoms with E-state index in [9.17, 15) is 0 Å². The monoisotopic (exact) mass is 194 g/mol. The molecule has 1 heterocycles. The largest absolute Gasteiger partial charge is 0.316 e. The van der Waals surface area contributed by atoms with E-state index in [0.29, 0.717) is 6.04 Å². The summed E-state index contributed by atoms with van der Waals surface area (Å²) in [4.78, 5) is 4.39. The first kappa shape index (κ1) is 10.2. The smallest absolute Gasteiger partial charge is 0.0897 e. The number of hydrogen-bond donors (Lipinski definition) is 1. The second kappa shape index (κ2) is 5.00. The maximum atomic E-state index is 5.26. The highest BCUT2D eigenvalue weighted by Gasteiger charge is 2.07. The molecule has 13 heavy (non-hydrogen) atoms. The van der Waals surface area contributed by atoms with E-state index in [4.69, 9.17) is 6.42 Å². The molecule has 0 bridgehead atoms. The number of terminal acetylenes is 1. The number of aromatic nitrogens is 1. The van der Waals surface area contributed by atoms with E-state index < -0.39 is 0 Å². The summed E-state index contributed by atoms with van der Waals surface area (Å²) in [6, 6.07) is 0.353. The molecule has 2 nitrogen and oxygen atoms in total. The zero-order chi connectivity index (χ0) is 9.68. The molecule has 1 atom stereocenters. The van der Waals surface area contributed by atoms with Gasteiger partial charge in [0.1, 0.15) is 0 Å². The molecule has 0 saturated heterocycles. The maximum Gasteiger partial charge on any atom is 0.0897 e. The van der Waals surface area contributed by atoms with E-state index in [2.05, 4.69) is 21.6 Å². The van der Waals surface area contributed by atoms with Crippen molar-refractivity contribution in [3.63, 3.8) is 0 Å². The van der Waals surface area contributed by atoms with Crippen molar-refractivity contribution < 1.29 is 0 Å². The van der Waals surface area contributed by atoms with Gasteiger partial charge in [-0.2, -0.15) is 0 Å². The van der Waals surface area contributed by atoms with Crippen LogP contribution in [0.2, 0.25) is 0 Å². The number of likely N-dealkylation sites (N-methyl/N-ethyl adjacent to an activating group) is 1. The Hall–Kier alpha value is -0.850. The molecule has 1 aromatic rings. The quantitative estimate of drug-likeness (QED) is 0.737. The maximum absolute atomic E-state index is 5.26. The first-order valence-electron chi connectivity index (χ1n) is 4.28. The van der Waals surface area contributed by atoms with Gasteiger partial charge in [0.25, 0.3) is 0 Å². The van der Waals surface area contributed by atoms with Crippen LogP contribution in [0.25, 0.3) is 0 Å². The Morgan fingerprint density at radius 1 is 1.77 bits per heavy atom. The Labute approximate surface area is 83.4 Å². The van der Waals surface area contributed by atoms with Crippen LogP contribution in [0.15, 0.2) is 5.38 Å². The molecule has 70 valence electrons. The Morgan fingerprint density at radius 2 is 2.54 bits per heavy atom. The van der Waals surface area contributed by atoms with E-state index in [1.54, 1.807) is 11.3 Å². The fourth-order valence-electron chi connectivity index (χ4n) is 1.17. The van der Waals surface area contributed by atoms with Gasteiger partial charge in [0, 0.05) is 24.3 Å². The van der Waals surface area contributed by atoms with E-state index in [1.807, 2.05) is 14.0 Å². The van der Waals surface area contributed by atoms with Crippen molar-refractivity contribution in [2.45, 2.75) is 25.8 Å². The van der Waals surface area contributed by atoms with Crippen LogP contribution in [0.1, 0.15) is 17.1 Å². The molecule has 0 aliphatic carbocycles. The number of nitrogens with zero attached hydrogens (tertiary/aromatic N) is 1. The minimum absolute atomic E-state index is 0.353. The number of aryl methyl sites for hydroxylation is 1. The Morgan fingerprint density at radius 3 is 3.00 bits per heavy atom. The van der Waals surface area contributed by atoms with Crippen LogP contribution in [0, 0.1) is 19.3 Å². The second-order valence-corrected chi connectivity index (χ2v) is 4.02. The molecule has 0 aromatic carbocycles. The van der Waals surface area contributed by atoms with Crippen LogP contribution in [0.5, 0.6) is 0 Å². The molecule has 1 unspecified atom stereocenters. The minimum Gasteiger partial charge on any atom is -0.316 e. The van der Waals surface area contributed by atoms with E-state index in [1.165, 1.54) is 0 Å².